The summed E-state index contributed by atoms with van der Waals surface area (Å²) in [4.78, 5) is 0. The number of rotatable bonds is 2. The molecular formula is C13H14N2O. The number of nitrogens with zero attached hydrogens (tertiary/aromatic N) is 1. The third kappa shape index (κ3) is 1.48. The van der Waals surface area contributed by atoms with E-state index < -0.39 is 0 Å². The zero-order chi connectivity index (χ0) is 11.1. The van der Waals surface area contributed by atoms with Gasteiger partial charge >= 0.3 is 0 Å². The Morgan fingerprint density at radius 2 is 2.19 bits per heavy atom. The first-order chi connectivity index (χ1) is 7.75. The van der Waals surface area contributed by atoms with Crippen molar-refractivity contribution in [3.63, 3.8) is 0 Å². The van der Waals surface area contributed by atoms with Crippen molar-refractivity contribution in [1.82, 2.24) is 5.16 Å². The summed E-state index contributed by atoms with van der Waals surface area (Å²) in [5.74, 6) is 2.00. The molecule has 0 radical (unpaired) electrons. The van der Waals surface area contributed by atoms with Crippen LogP contribution in [0.15, 0.2) is 28.8 Å². The Morgan fingerprint density at radius 1 is 1.38 bits per heavy atom. The van der Waals surface area contributed by atoms with Gasteiger partial charge in [0, 0.05) is 5.92 Å². The lowest BCUT2D eigenvalue weighted by atomic mass is 10.0. The fraction of sp³-hybridized carbons (Fsp3) is 0.308. The molecule has 1 aliphatic carbocycles. The predicted molar refractivity (Wildman–Crippen MR) is 63.1 cm³/mol. The molecule has 82 valence electrons. The molecule has 2 N–H and O–H groups in total. The standard InChI is InChI=1S/C13H14N2O/c1-8-3-2-4-10(7-8)11-12(9-5-6-9)16-15-13(11)14/h2-4,7,9H,5-6H2,1H3,(H2,14,15). The van der Waals surface area contributed by atoms with Crippen LogP contribution in [0.25, 0.3) is 11.1 Å². The van der Waals surface area contributed by atoms with Gasteiger partial charge in [0.15, 0.2) is 5.82 Å². The molecule has 0 unspecified atom stereocenters. The summed E-state index contributed by atoms with van der Waals surface area (Å²) in [6, 6.07) is 8.29. The normalized spacial score (nSPS) is 15.3. The Morgan fingerprint density at radius 3 is 2.88 bits per heavy atom. The minimum atomic E-state index is 0.507. The van der Waals surface area contributed by atoms with Gasteiger partial charge in [-0.1, -0.05) is 35.0 Å². The molecular weight excluding hydrogens is 200 g/mol. The molecule has 1 saturated carbocycles. The van der Waals surface area contributed by atoms with Gasteiger partial charge in [-0.2, -0.15) is 0 Å². The summed E-state index contributed by atoms with van der Waals surface area (Å²) in [7, 11) is 0. The number of hydrogen-bond donors (Lipinski definition) is 1. The van der Waals surface area contributed by atoms with Crippen LogP contribution in [0.4, 0.5) is 5.82 Å². The molecule has 1 aliphatic rings. The second-order valence-corrected chi connectivity index (χ2v) is 4.45. The van der Waals surface area contributed by atoms with Crippen LogP contribution in [0.2, 0.25) is 0 Å². The molecule has 0 aliphatic heterocycles. The molecule has 1 heterocycles. The van der Waals surface area contributed by atoms with Crippen LogP contribution in [-0.2, 0) is 0 Å². The molecule has 3 heteroatoms. The number of aromatic nitrogens is 1. The summed E-state index contributed by atoms with van der Waals surface area (Å²) in [5, 5.41) is 3.89. The number of aryl methyl sites for hydroxylation is 1. The average molecular weight is 214 g/mol. The molecule has 0 spiro atoms. The van der Waals surface area contributed by atoms with Crippen LogP contribution in [0.5, 0.6) is 0 Å². The Labute approximate surface area is 94.2 Å². The SMILES string of the molecule is Cc1cccc(-c2c(N)noc2C2CC2)c1. The van der Waals surface area contributed by atoms with Crippen LogP contribution in [-0.4, -0.2) is 5.16 Å². The first kappa shape index (κ1) is 9.46. The summed E-state index contributed by atoms with van der Waals surface area (Å²) in [6.07, 6.45) is 2.38. The lowest BCUT2D eigenvalue weighted by molar-refractivity contribution is 0.387. The van der Waals surface area contributed by atoms with E-state index in [4.69, 9.17) is 10.3 Å². The monoisotopic (exact) mass is 214 g/mol. The predicted octanol–water partition coefficient (Wildman–Crippen LogP) is 3.11. The van der Waals surface area contributed by atoms with E-state index in [9.17, 15) is 0 Å². The number of nitrogen functional groups attached to an aromatic ring is 1. The van der Waals surface area contributed by atoms with E-state index in [0.29, 0.717) is 11.7 Å². The molecule has 16 heavy (non-hydrogen) atoms. The first-order valence-electron chi connectivity index (χ1n) is 5.58. The molecule has 2 aromatic rings. The van der Waals surface area contributed by atoms with Crippen LogP contribution < -0.4 is 5.73 Å². The molecule has 1 fully saturated rings. The van der Waals surface area contributed by atoms with Crippen molar-refractivity contribution in [2.75, 3.05) is 5.73 Å². The van der Waals surface area contributed by atoms with Crippen molar-refractivity contribution in [3.8, 4) is 11.1 Å². The number of hydrogen-bond acceptors (Lipinski definition) is 3. The topological polar surface area (TPSA) is 52.0 Å². The lowest BCUT2D eigenvalue weighted by Crippen LogP contribution is -1.90. The van der Waals surface area contributed by atoms with Gasteiger partial charge in [0.1, 0.15) is 5.76 Å². The van der Waals surface area contributed by atoms with E-state index in [0.717, 1.165) is 16.9 Å². The van der Waals surface area contributed by atoms with E-state index in [1.807, 2.05) is 6.07 Å². The van der Waals surface area contributed by atoms with E-state index >= 15 is 0 Å². The Balaban J connectivity index is 2.14. The van der Waals surface area contributed by atoms with E-state index in [2.05, 4.69) is 30.3 Å². The lowest BCUT2D eigenvalue weighted by Gasteiger charge is -2.02. The van der Waals surface area contributed by atoms with Gasteiger partial charge in [-0.3, -0.25) is 0 Å². The van der Waals surface area contributed by atoms with Crippen LogP contribution >= 0.6 is 0 Å². The molecule has 3 nitrogen and oxygen atoms in total. The van der Waals surface area contributed by atoms with Crippen molar-refractivity contribution < 1.29 is 4.52 Å². The molecule has 0 amide bonds. The second-order valence-electron chi connectivity index (χ2n) is 4.45. The highest BCUT2D eigenvalue weighted by Crippen LogP contribution is 2.46. The Bertz CT molecular complexity index is 526. The van der Waals surface area contributed by atoms with Crippen molar-refractivity contribution in [2.45, 2.75) is 25.7 Å². The second kappa shape index (κ2) is 3.37. The molecule has 0 atom stereocenters. The van der Waals surface area contributed by atoms with Gasteiger partial charge in [0.2, 0.25) is 0 Å². The summed E-state index contributed by atoms with van der Waals surface area (Å²) in [6.45, 7) is 2.07. The fourth-order valence-electron chi connectivity index (χ4n) is 2.03. The molecule has 1 aromatic carbocycles. The minimum absolute atomic E-state index is 0.507. The summed E-state index contributed by atoms with van der Waals surface area (Å²) < 4.78 is 5.34. The highest BCUT2D eigenvalue weighted by molar-refractivity contribution is 5.76. The Kier molecular flexibility index (Phi) is 1.99. The van der Waals surface area contributed by atoms with Crippen LogP contribution in [0.1, 0.15) is 30.1 Å². The summed E-state index contributed by atoms with van der Waals surface area (Å²) in [5.41, 5.74) is 9.21. The number of benzene rings is 1. The molecule has 0 bridgehead atoms. The number of anilines is 1. The van der Waals surface area contributed by atoms with Crippen molar-refractivity contribution in [3.05, 3.63) is 35.6 Å². The van der Waals surface area contributed by atoms with Crippen LogP contribution in [0.3, 0.4) is 0 Å². The first-order valence-corrected chi connectivity index (χ1v) is 5.58. The molecule has 0 saturated heterocycles. The maximum atomic E-state index is 5.88. The molecule has 1 aromatic heterocycles. The van der Waals surface area contributed by atoms with Crippen molar-refractivity contribution >= 4 is 5.82 Å². The van der Waals surface area contributed by atoms with E-state index in [-0.39, 0.29) is 0 Å². The highest BCUT2D eigenvalue weighted by atomic mass is 16.5. The largest absolute Gasteiger partial charge is 0.380 e. The van der Waals surface area contributed by atoms with Gasteiger partial charge in [0.25, 0.3) is 0 Å². The zero-order valence-corrected chi connectivity index (χ0v) is 9.23. The van der Waals surface area contributed by atoms with Gasteiger partial charge in [-0.25, -0.2) is 0 Å². The minimum Gasteiger partial charge on any atom is -0.380 e. The van der Waals surface area contributed by atoms with E-state index in [1.165, 1.54) is 18.4 Å². The fourth-order valence-corrected chi connectivity index (χ4v) is 2.03. The van der Waals surface area contributed by atoms with Crippen molar-refractivity contribution in [1.29, 1.82) is 0 Å². The maximum Gasteiger partial charge on any atom is 0.175 e. The third-order valence-corrected chi connectivity index (χ3v) is 3.00. The summed E-state index contributed by atoms with van der Waals surface area (Å²) >= 11 is 0. The van der Waals surface area contributed by atoms with Gasteiger partial charge < -0.3 is 10.3 Å². The molecule has 3 rings (SSSR count). The van der Waals surface area contributed by atoms with Crippen molar-refractivity contribution in [2.24, 2.45) is 0 Å². The zero-order valence-electron chi connectivity index (χ0n) is 9.23. The van der Waals surface area contributed by atoms with Crippen LogP contribution in [0, 0.1) is 6.92 Å². The van der Waals surface area contributed by atoms with Gasteiger partial charge in [-0.15, -0.1) is 0 Å². The van der Waals surface area contributed by atoms with Gasteiger partial charge in [0.05, 0.1) is 5.56 Å². The number of nitrogens with two attached hydrogens (primary N) is 1. The Hall–Kier alpha value is -1.77. The highest BCUT2D eigenvalue weighted by Gasteiger charge is 2.32. The average Bonchev–Trinajstić information content (AvgIpc) is 3.02. The maximum absolute atomic E-state index is 5.88. The van der Waals surface area contributed by atoms with E-state index in [1.54, 1.807) is 0 Å². The third-order valence-electron chi connectivity index (χ3n) is 3.00. The van der Waals surface area contributed by atoms with Gasteiger partial charge in [-0.05, 0) is 25.3 Å². The smallest absolute Gasteiger partial charge is 0.175 e. The quantitative estimate of drug-likeness (QED) is 0.835.